The summed E-state index contributed by atoms with van der Waals surface area (Å²) in [5.74, 6) is -0.0324. The highest BCUT2D eigenvalue weighted by molar-refractivity contribution is 5.79. The molecule has 1 atom stereocenters. The van der Waals surface area contributed by atoms with Crippen molar-refractivity contribution in [1.82, 2.24) is 14.7 Å². The molecule has 0 aromatic carbocycles. The summed E-state index contributed by atoms with van der Waals surface area (Å²) in [5, 5.41) is 4.21. The van der Waals surface area contributed by atoms with Crippen molar-refractivity contribution in [3.05, 3.63) is 17.5 Å². The number of hydrogen-bond acceptors (Lipinski definition) is 4. The van der Waals surface area contributed by atoms with E-state index in [0.29, 0.717) is 39.3 Å². The standard InChI is InChI=1S/C13H22N4O2/c1-10-12(9-15-16(10)2)7-11(8-14)13(18)17-3-5-19-6-4-17/h9,11H,3-8,14H2,1-2H3. The zero-order chi connectivity index (χ0) is 13.8. The molecule has 1 aliphatic rings. The number of amides is 1. The lowest BCUT2D eigenvalue weighted by molar-refractivity contribution is -0.139. The first-order chi connectivity index (χ1) is 9.13. The SMILES string of the molecule is Cc1c(CC(CN)C(=O)N2CCOCC2)cnn1C. The molecule has 1 aliphatic heterocycles. The van der Waals surface area contributed by atoms with Crippen LogP contribution in [-0.4, -0.2) is 53.4 Å². The number of aryl methyl sites for hydroxylation is 1. The molecule has 0 saturated carbocycles. The summed E-state index contributed by atoms with van der Waals surface area (Å²) >= 11 is 0. The maximum Gasteiger partial charge on any atom is 0.227 e. The Hall–Kier alpha value is -1.40. The summed E-state index contributed by atoms with van der Waals surface area (Å²) in [6, 6.07) is 0. The van der Waals surface area contributed by atoms with E-state index in [2.05, 4.69) is 5.10 Å². The molecule has 0 bridgehead atoms. The van der Waals surface area contributed by atoms with Crippen LogP contribution in [0.15, 0.2) is 6.20 Å². The lowest BCUT2D eigenvalue weighted by Gasteiger charge is -2.30. The Balaban J connectivity index is 2.03. The van der Waals surface area contributed by atoms with Crippen LogP contribution in [0.2, 0.25) is 0 Å². The van der Waals surface area contributed by atoms with Gasteiger partial charge in [-0.05, 0) is 18.9 Å². The lowest BCUT2D eigenvalue weighted by Crippen LogP contribution is -2.46. The average molecular weight is 266 g/mol. The molecule has 0 aliphatic carbocycles. The summed E-state index contributed by atoms with van der Waals surface area (Å²) in [4.78, 5) is 14.3. The van der Waals surface area contributed by atoms with Crippen LogP contribution in [0.25, 0.3) is 0 Å². The third-order valence-corrected chi connectivity index (χ3v) is 3.76. The van der Waals surface area contributed by atoms with Crippen LogP contribution in [0.1, 0.15) is 11.3 Å². The molecule has 6 heteroatoms. The predicted octanol–water partition coefficient (Wildman–Crippen LogP) is -0.295. The zero-order valence-electron chi connectivity index (χ0n) is 11.6. The van der Waals surface area contributed by atoms with Gasteiger partial charge in [0, 0.05) is 32.4 Å². The Bertz CT molecular complexity index is 438. The van der Waals surface area contributed by atoms with Crippen molar-refractivity contribution in [2.24, 2.45) is 18.7 Å². The van der Waals surface area contributed by atoms with E-state index < -0.39 is 0 Å². The van der Waals surface area contributed by atoms with Crippen LogP contribution in [0.4, 0.5) is 0 Å². The van der Waals surface area contributed by atoms with E-state index in [1.165, 1.54) is 0 Å². The molecule has 106 valence electrons. The monoisotopic (exact) mass is 266 g/mol. The van der Waals surface area contributed by atoms with Crippen LogP contribution in [0.3, 0.4) is 0 Å². The van der Waals surface area contributed by atoms with Gasteiger partial charge in [0.05, 0.1) is 25.3 Å². The van der Waals surface area contributed by atoms with Crippen molar-refractivity contribution < 1.29 is 9.53 Å². The fourth-order valence-electron chi connectivity index (χ4n) is 2.32. The third kappa shape index (κ3) is 3.13. The Labute approximate surface area is 113 Å². The molecule has 0 spiro atoms. The number of morpholine rings is 1. The minimum absolute atomic E-state index is 0.133. The number of hydrogen-bond donors (Lipinski definition) is 1. The third-order valence-electron chi connectivity index (χ3n) is 3.76. The Morgan fingerprint density at radius 3 is 2.74 bits per heavy atom. The predicted molar refractivity (Wildman–Crippen MR) is 71.6 cm³/mol. The van der Waals surface area contributed by atoms with Gasteiger partial charge in [0.1, 0.15) is 0 Å². The molecule has 2 heterocycles. The number of rotatable bonds is 4. The topological polar surface area (TPSA) is 73.4 Å². The second kappa shape index (κ2) is 6.16. The fraction of sp³-hybridized carbons (Fsp3) is 0.692. The van der Waals surface area contributed by atoms with Gasteiger partial charge >= 0.3 is 0 Å². The second-order valence-electron chi connectivity index (χ2n) is 4.95. The van der Waals surface area contributed by atoms with Crippen molar-refractivity contribution in [1.29, 1.82) is 0 Å². The Kier molecular flexibility index (Phi) is 4.55. The van der Waals surface area contributed by atoms with E-state index in [1.807, 2.05) is 29.7 Å². The van der Waals surface area contributed by atoms with Crippen LogP contribution in [-0.2, 0) is 23.0 Å². The molecule has 1 unspecified atom stereocenters. The van der Waals surface area contributed by atoms with Gasteiger partial charge in [-0.15, -0.1) is 0 Å². The minimum atomic E-state index is -0.166. The Morgan fingerprint density at radius 2 is 2.21 bits per heavy atom. The zero-order valence-corrected chi connectivity index (χ0v) is 11.6. The molecule has 0 radical (unpaired) electrons. The van der Waals surface area contributed by atoms with Crippen molar-refractivity contribution in [3.8, 4) is 0 Å². The van der Waals surface area contributed by atoms with Gasteiger partial charge in [-0.25, -0.2) is 0 Å². The highest BCUT2D eigenvalue weighted by atomic mass is 16.5. The summed E-state index contributed by atoms with van der Waals surface area (Å²) in [6.07, 6.45) is 2.48. The summed E-state index contributed by atoms with van der Waals surface area (Å²) in [6.45, 7) is 4.95. The smallest absolute Gasteiger partial charge is 0.227 e. The largest absolute Gasteiger partial charge is 0.378 e. The quantitative estimate of drug-likeness (QED) is 0.812. The first kappa shape index (κ1) is 14.0. The molecule has 1 saturated heterocycles. The molecular weight excluding hydrogens is 244 g/mol. The molecule has 2 N–H and O–H groups in total. The van der Waals surface area contributed by atoms with Crippen molar-refractivity contribution in [3.63, 3.8) is 0 Å². The van der Waals surface area contributed by atoms with Gasteiger partial charge in [0.15, 0.2) is 0 Å². The molecule has 1 amide bonds. The maximum absolute atomic E-state index is 12.4. The van der Waals surface area contributed by atoms with Crippen molar-refractivity contribution in [2.45, 2.75) is 13.3 Å². The first-order valence-corrected chi connectivity index (χ1v) is 6.67. The lowest BCUT2D eigenvalue weighted by atomic mass is 9.98. The van der Waals surface area contributed by atoms with Crippen LogP contribution < -0.4 is 5.73 Å². The summed E-state index contributed by atoms with van der Waals surface area (Å²) in [5.41, 5.74) is 7.97. The number of nitrogens with two attached hydrogens (primary N) is 1. The van der Waals surface area contributed by atoms with Crippen LogP contribution in [0.5, 0.6) is 0 Å². The second-order valence-corrected chi connectivity index (χ2v) is 4.95. The number of aromatic nitrogens is 2. The number of ether oxygens (including phenoxy) is 1. The molecule has 19 heavy (non-hydrogen) atoms. The van der Waals surface area contributed by atoms with E-state index in [1.54, 1.807) is 0 Å². The molecule has 1 fully saturated rings. The van der Waals surface area contributed by atoms with Gasteiger partial charge in [0.25, 0.3) is 0 Å². The summed E-state index contributed by atoms with van der Waals surface area (Å²) < 4.78 is 7.09. The molecular formula is C13H22N4O2. The van der Waals surface area contributed by atoms with Gasteiger partial charge < -0.3 is 15.4 Å². The van der Waals surface area contributed by atoms with E-state index in [-0.39, 0.29) is 11.8 Å². The molecule has 1 aromatic heterocycles. The van der Waals surface area contributed by atoms with Crippen LogP contribution in [0, 0.1) is 12.8 Å². The fourth-order valence-corrected chi connectivity index (χ4v) is 2.32. The van der Waals surface area contributed by atoms with Crippen LogP contribution >= 0.6 is 0 Å². The maximum atomic E-state index is 12.4. The molecule has 2 rings (SSSR count). The van der Waals surface area contributed by atoms with Gasteiger partial charge in [-0.3, -0.25) is 9.48 Å². The van der Waals surface area contributed by atoms with Gasteiger partial charge in [-0.2, -0.15) is 5.10 Å². The van der Waals surface area contributed by atoms with Crippen molar-refractivity contribution >= 4 is 5.91 Å². The van der Waals surface area contributed by atoms with E-state index in [0.717, 1.165) is 11.3 Å². The highest BCUT2D eigenvalue weighted by Gasteiger charge is 2.25. The number of carbonyl (C=O) groups excluding carboxylic acids is 1. The van der Waals surface area contributed by atoms with E-state index >= 15 is 0 Å². The highest BCUT2D eigenvalue weighted by Crippen LogP contribution is 2.15. The minimum Gasteiger partial charge on any atom is -0.378 e. The van der Waals surface area contributed by atoms with Crippen molar-refractivity contribution in [2.75, 3.05) is 32.8 Å². The normalized spacial score (nSPS) is 17.5. The van der Waals surface area contributed by atoms with Gasteiger partial charge in [-0.1, -0.05) is 0 Å². The van der Waals surface area contributed by atoms with Gasteiger partial charge in [0.2, 0.25) is 5.91 Å². The average Bonchev–Trinajstić information content (AvgIpc) is 2.76. The number of carbonyl (C=O) groups is 1. The molecule has 6 nitrogen and oxygen atoms in total. The first-order valence-electron chi connectivity index (χ1n) is 6.67. The number of nitrogens with zero attached hydrogens (tertiary/aromatic N) is 3. The van der Waals surface area contributed by atoms with E-state index in [9.17, 15) is 4.79 Å². The Morgan fingerprint density at radius 1 is 1.53 bits per heavy atom. The summed E-state index contributed by atoms with van der Waals surface area (Å²) in [7, 11) is 1.90. The van der Waals surface area contributed by atoms with E-state index in [4.69, 9.17) is 10.5 Å². The molecule has 1 aromatic rings.